The van der Waals surface area contributed by atoms with Crippen molar-refractivity contribution >= 4 is 17.4 Å². The third kappa shape index (κ3) is 6.24. The normalized spacial score (nSPS) is 14.4. The first-order valence-corrected chi connectivity index (χ1v) is 11.2. The zero-order chi connectivity index (χ0) is 24.0. The smallest absolute Gasteiger partial charge is 0.416 e. The molecule has 1 saturated heterocycles. The molecule has 6 nitrogen and oxygen atoms in total. The number of anilines is 2. The Morgan fingerprint density at radius 2 is 1.71 bits per heavy atom. The minimum Gasteiger partial charge on any atom is -0.484 e. The van der Waals surface area contributed by atoms with Crippen LogP contribution in [0.3, 0.4) is 0 Å². The van der Waals surface area contributed by atoms with Crippen LogP contribution in [0.25, 0.3) is 11.3 Å². The number of benzene rings is 2. The van der Waals surface area contributed by atoms with E-state index in [0.29, 0.717) is 11.4 Å². The molecule has 3 aromatic rings. The van der Waals surface area contributed by atoms with Crippen molar-refractivity contribution in [1.82, 2.24) is 10.2 Å². The first-order chi connectivity index (χ1) is 16.4. The number of hydrogen-bond donors (Lipinski definition) is 1. The van der Waals surface area contributed by atoms with Crippen LogP contribution < -0.4 is 15.0 Å². The van der Waals surface area contributed by atoms with Gasteiger partial charge in [0.1, 0.15) is 5.75 Å². The second-order valence-corrected chi connectivity index (χ2v) is 8.12. The number of alkyl halides is 3. The molecule has 0 atom stereocenters. The lowest BCUT2D eigenvalue weighted by Crippen LogP contribution is -2.25. The molecule has 0 aliphatic carbocycles. The largest absolute Gasteiger partial charge is 0.484 e. The molecule has 1 aliphatic heterocycles. The second kappa shape index (κ2) is 10.5. The molecule has 0 saturated carbocycles. The first-order valence-electron chi connectivity index (χ1n) is 11.2. The van der Waals surface area contributed by atoms with Gasteiger partial charge < -0.3 is 15.0 Å². The van der Waals surface area contributed by atoms with Crippen molar-refractivity contribution in [2.45, 2.75) is 31.9 Å². The van der Waals surface area contributed by atoms with E-state index in [9.17, 15) is 18.0 Å². The molecule has 4 rings (SSSR count). The average Bonchev–Trinajstić information content (AvgIpc) is 3.12. The quantitative estimate of drug-likeness (QED) is 0.511. The van der Waals surface area contributed by atoms with Crippen LogP contribution in [0, 0.1) is 0 Å². The first kappa shape index (κ1) is 23.5. The van der Waals surface area contributed by atoms with Crippen molar-refractivity contribution in [3.05, 3.63) is 66.2 Å². The summed E-state index contributed by atoms with van der Waals surface area (Å²) >= 11 is 0. The summed E-state index contributed by atoms with van der Waals surface area (Å²) in [5.41, 5.74) is 1.15. The van der Waals surface area contributed by atoms with Crippen molar-refractivity contribution < 1.29 is 22.7 Å². The van der Waals surface area contributed by atoms with E-state index in [2.05, 4.69) is 20.4 Å². The lowest BCUT2D eigenvalue weighted by atomic mass is 10.1. The highest BCUT2D eigenvalue weighted by Gasteiger charge is 2.30. The highest BCUT2D eigenvalue weighted by molar-refractivity contribution is 5.92. The molecule has 0 spiro atoms. The van der Waals surface area contributed by atoms with E-state index in [4.69, 9.17) is 4.74 Å². The predicted octanol–water partition coefficient (Wildman–Crippen LogP) is 5.56. The Labute approximate surface area is 195 Å². The number of nitrogens with one attached hydrogen (secondary N) is 1. The molecule has 1 aliphatic rings. The molecular formula is C25H25F3N4O2. The monoisotopic (exact) mass is 470 g/mol. The van der Waals surface area contributed by atoms with Crippen LogP contribution in [0.1, 0.15) is 31.2 Å². The predicted molar refractivity (Wildman–Crippen MR) is 124 cm³/mol. The number of amides is 1. The SMILES string of the molecule is O=C(COc1cccc(C(F)(F)F)c1)Nc1cccc(-c2ccc(N3CCCCCC3)nn2)c1. The molecule has 178 valence electrons. The average molecular weight is 470 g/mol. The van der Waals surface area contributed by atoms with E-state index in [0.717, 1.165) is 49.4 Å². The summed E-state index contributed by atoms with van der Waals surface area (Å²) < 4.78 is 43.7. The Bertz CT molecular complexity index is 1110. The van der Waals surface area contributed by atoms with Gasteiger partial charge in [0.05, 0.1) is 11.3 Å². The van der Waals surface area contributed by atoms with Gasteiger partial charge in [0, 0.05) is 24.3 Å². The van der Waals surface area contributed by atoms with E-state index in [1.54, 1.807) is 18.2 Å². The second-order valence-electron chi connectivity index (χ2n) is 8.12. The molecular weight excluding hydrogens is 445 g/mol. The highest BCUT2D eigenvalue weighted by Crippen LogP contribution is 2.31. The molecule has 0 bridgehead atoms. The third-order valence-electron chi connectivity index (χ3n) is 5.55. The number of nitrogens with zero attached hydrogens (tertiary/aromatic N) is 3. The molecule has 9 heteroatoms. The summed E-state index contributed by atoms with van der Waals surface area (Å²) in [6, 6.07) is 15.4. The minimum absolute atomic E-state index is 0.0292. The Hall–Kier alpha value is -3.62. The molecule has 1 amide bonds. The van der Waals surface area contributed by atoms with E-state index < -0.39 is 24.3 Å². The molecule has 1 N–H and O–H groups in total. The van der Waals surface area contributed by atoms with E-state index in [1.807, 2.05) is 18.2 Å². The Morgan fingerprint density at radius 3 is 2.41 bits per heavy atom. The van der Waals surface area contributed by atoms with Crippen LogP contribution in [0.4, 0.5) is 24.7 Å². The van der Waals surface area contributed by atoms with Crippen LogP contribution in [-0.4, -0.2) is 35.8 Å². The lowest BCUT2D eigenvalue weighted by molar-refractivity contribution is -0.137. The summed E-state index contributed by atoms with van der Waals surface area (Å²) in [5.74, 6) is 0.345. The number of carbonyl (C=O) groups excluding carboxylic acids is 1. The fraction of sp³-hybridized carbons (Fsp3) is 0.320. The van der Waals surface area contributed by atoms with Gasteiger partial charge in [-0.3, -0.25) is 4.79 Å². The summed E-state index contributed by atoms with van der Waals surface area (Å²) in [7, 11) is 0. The van der Waals surface area contributed by atoms with Crippen LogP contribution >= 0.6 is 0 Å². The van der Waals surface area contributed by atoms with Gasteiger partial charge in [-0.05, 0) is 55.3 Å². The fourth-order valence-electron chi connectivity index (χ4n) is 3.81. The van der Waals surface area contributed by atoms with Gasteiger partial charge in [-0.25, -0.2) is 0 Å². The van der Waals surface area contributed by atoms with Gasteiger partial charge in [-0.2, -0.15) is 13.2 Å². The summed E-state index contributed by atoms with van der Waals surface area (Å²) in [4.78, 5) is 14.5. The number of hydrogen-bond acceptors (Lipinski definition) is 5. The summed E-state index contributed by atoms with van der Waals surface area (Å²) in [5, 5.41) is 11.4. The van der Waals surface area contributed by atoms with Crippen LogP contribution in [0.15, 0.2) is 60.7 Å². The third-order valence-corrected chi connectivity index (χ3v) is 5.55. The van der Waals surface area contributed by atoms with E-state index >= 15 is 0 Å². The summed E-state index contributed by atoms with van der Waals surface area (Å²) in [6.07, 6.45) is 0.318. The van der Waals surface area contributed by atoms with Crippen molar-refractivity contribution in [2.24, 2.45) is 0 Å². The van der Waals surface area contributed by atoms with Gasteiger partial charge in [0.2, 0.25) is 0 Å². The topological polar surface area (TPSA) is 67.3 Å². The maximum atomic E-state index is 12.8. The van der Waals surface area contributed by atoms with E-state index in [-0.39, 0.29) is 5.75 Å². The van der Waals surface area contributed by atoms with Gasteiger partial charge in [-0.1, -0.05) is 31.0 Å². The standard InChI is InChI=1S/C25H25F3N4O2/c26-25(27,28)19-8-6-10-21(16-19)34-17-24(33)29-20-9-5-7-18(15-20)22-11-12-23(31-30-22)32-13-3-1-2-4-14-32/h5-12,15-16H,1-4,13-14,17H2,(H,29,33). The number of ether oxygens (including phenoxy) is 1. The van der Waals surface area contributed by atoms with Gasteiger partial charge in [-0.15, -0.1) is 10.2 Å². The molecule has 2 aromatic carbocycles. The van der Waals surface area contributed by atoms with Crippen LogP contribution in [-0.2, 0) is 11.0 Å². The van der Waals surface area contributed by atoms with Crippen molar-refractivity contribution in [3.63, 3.8) is 0 Å². The molecule has 34 heavy (non-hydrogen) atoms. The maximum absolute atomic E-state index is 12.8. The minimum atomic E-state index is -4.48. The Kier molecular flexibility index (Phi) is 7.30. The Morgan fingerprint density at radius 1 is 0.941 bits per heavy atom. The summed E-state index contributed by atoms with van der Waals surface area (Å²) in [6.45, 7) is 1.55. The van der Waals surface area contributed by atoms with Crippen molar-refractivity contribution in [2.75, 3.05) is 29.9 Å². The maximum Gasteiger partial charge on any atom is 0.416 e. The van der Waals surface area contributed by atoms with Crippen molar-refractivity contribution in [3.8, 4) is 17.0 Å². The van der Waals surface area contributed by atoms with Crippen LogP contribution in [0.5, 0.6) is 5.75 Å². The number of aromatic nitrogens is 2. The van der Waals surface area contributed by atoms with Crippen molar-refractivity contribution in [1.29, 1.82) is 0 Å². The lowest BCUT2D eigenvalue weighted by Gasteiger charge is -2.20. The Balaban J connectivity index is 1.36. The van der Waals surface area contributed by atoms with Crippen LogP contribution in [0.2, 0.25) is 0 Å². The van der Waals surface area contributed by atoms with Gasteiger partial charge in [0.15, 0.2) is 12.4 Å². The molecule has 1 aromatic heterocycles. The molecule has 0 unspecified atom stereocenters. The molecule has 2 heterocycles. The number of rotatable bonds is 6. The fourth-order valence-corrected chi connectivity index (χ4v) is 3.81. The number of halogens is 3. The molecule has 1 fully saturated rings. The molecule has 0 radical (unpaired) electrons. The van der Waals surface area contributed by atoms with Gasteiger partial charge in [0.25, 0.3) is 5.91 Å². The van der Waals surface area contributed by atoms with Gasteiger partial charge >= 0.3 is 6.18 Å². The zero-order valence-electron chi connectivity index (χ0n) is 18.5. The zero-order valence-corrected chi connectivity index (χ0v) is 18.5. The number of carbonyl (C=O) groups is 1. The highest BCUT2D eigenvalue weighted by atomic mass is 19.4. The van der Waals surface area contributed by atoms with E-state index in [1.165, 1.54) is 25.0 Å².